The summed E-state index contributed by atoms with van der Waals surface area (Å²) in [7, 11) is 0. The van der Waals surface area contributed by atoms with E-state index in [0.717, 1.165) is 10.2 Å². The average Bonchev–Trinajstić information content (AvgIpc) is 2.13. The van der Waals surface area contributed by atoms with Crippen molar-refractivity contribution in [3.63, 3.8) is 0 Å². The van der Waals surface area contributed by atoms with E-state index in [1.807, 2.05) is 0 Å². The first-order valence-corrected chi connectivity index (χ1v) is 4.23. The number of azide groups is 1. The van der Waals surface area contributed by atoms with Crippen molar-refractivity contribution in [3.8, 4) is 11.8 Å². The zero-order valence-electron chi connectivity index (χ0n) is 6.61. The number of aromatic nitrogens is 1. The van der Waals surface area contributed by atoms with Gasteiger partial charge in [0.25, 0.3) is 0 Å². The van der Waals surface area contributed by atoms with E-state index >= 15 is 0 Å². The lowest BCUT2D eigenvalue weighted by atomic mass is 10.3. The third-order valence-electron chi connectivity index (χ3n) is 1.17. The van der Waals surface area contributed by atoms with Crippen LogP contribution in [0.25, 0.3) is 10.4 Å². The average molecular weight is 237 g/mol. The first-order valence-electron chi connectivity index (χ1n) is 3.44. The molecule has 0 bridgehead atoms. The van der Waals surface area contributed by atoms with Crippen LogP contribution in [-0.2, 0) is 0 Å². The molecule has 4 nitrogen and oxygen atoms in total. The Labute approximate surface area is 83.7 Å². The largest absolute Gasteiger partial charge is 0.249 e. The molecule has 0 saturated heterocycles. The van der Waals surface area contributed by atoms with Crippen LogP contribution in [0.15, 0.2) is 28.0 Å². The summed E-state index contributed by atoms with van der Waals surface area (Å²) < 4.78 is 0.739. The number of pyridine rings is 1. The van der Waals surface area contributed by atoms with Crippen molar-refractivity contribution in [1.29, 1.82) is 0 Å². The van der Waals surface area contributed by atoms with Crippen LogP contribution in [0.1, 0.15) is 5.56 Å². The molecule has 13 heavy (non-hydrogen) atoms. The van der Waals surface area contributed by atoms with E-state index in [-0.39, 0.29) is 6.54 Å². The summed E-state index contributed by atoms with van der Waals surface area (Å²) in [4.78, 5) is 6.54. The lowest BCUT2D eigenvalue weighted by Gasteiger charge is -1.89. The van der Waals surface area contributed by atoms with Gasteiger partial charge in [0.15, 0.2) is 0 Å². The fourth-order valence-electron chi connectivity index (χ4n) is 0.689. The second-order valence-corrected chi connectivity index (χ2v) is 2.87. The minimum Gasteiger partial charge on any atom is -0.249 e. The van der Waals surface area contributed by atoms with Crippen LogP contribution in [0.4, 0.5) is 0 Å². The topological polar surface area (TPSA) is 61.7 Å². The van der Waals surface area contributed by atoms with E-state index in [4.69, 9.17) is 5.53 Å². The summed E-state index contributed by atoms with van der Waals surface area (Å²) >= 11 is 3.22. The van der Waals surface area contributed by atoms with E-state index in [1.165, 1.54) is 0 Å². The maximum atomic E-state index is 7.98. The Hall–Kier alpha value is -1.50. The normalized spacial score (nSPS) is 8.08. The minimum atomic E-state index is 0.191. The van der Waals surface area contributed by atoms with Crippen molar-refractivity contribution < 1.29 is 0 Å². The van der Waals surface area contributed by atoms with E-state index in [2.05, 4.69) is 42.8 Å². The quantitative estimate of drug-likeness (QED) is 0.243. The highest BCUT2D eigenvalue weighted by atomic mass is 79.9. The van der Waals surface area contributed by atoms with Gasteiger partial charge in [-0.1, -0.05) is 17.0 Å². The minimum absolute atomic E-state index is 0.191. The van der Waals surface area contributed by atoms with Crippen molar-refractivity contribution in [1.82, 2.24) is 4.98 Å². The van der Waals surface area contributed by atoms with Crippen LogP contribution in [0.5, 0.6) is 0 Å². The fourth-order valence-corrected chi connectivity index (χ4v) is 1.05. The molecule has 0 radical (unpaired) electrons. The maximum absolute atomic E-state index is 7.98. The van der Waals surface area contributed by atoms with Gasteiger partial charge in [-0.2, -0.15) is 0 Å². The molecule has 1 heterocycles. The Balaban J connectivity index is 2.71. The zero-order valence-corrected chi connectivity index (χ0v) is 8.19. The van der Waals surface area contributed by atoms with E-state index in [9.17, 15) is 0 Å². The standard InChI is InChI=1S/C8H5BrN4/c9-8-6-7(3-5-11-8)2-1-4-12-13-10/h3,5-6H,4H2. The summed E-state index contributed by atoms with van der Waals surface area (Å²) in [5.74, 6) is 5.55. The summed E-state index contributed by atoms with van der Waals surface area (Å²) in [5.41, 5.74) is 8.82. The summed E-state index contributed by atoms with van der Waals surface area (Å²) in [6.07, 6.45) is 1.65. The van der Waals surface area contributed by atoms with Gasteiger partial charge < -0.3 is 0 Å². The first-order chi connectivity index (χ1) is 6.33. The molecule has 1 rings (SSSR count). The summed E-state index contributed by atoms with van der Waals surface area (Å²) in [6, 6.07) is 3.58. The molecule has 0 aliphatic heterocycles. The van der Waals surface area contributed by atoms with Gasteiger partial charge in [-0.25, -0.2) is 4.98 Å². The molecule has 0 unspecified atom stereocenters. The highest BCUT2D eigenvalue weighted by Crippen LogP contribution is 2.06. The van der Waals surface area contributed by atoms with Gasteiger partial charge in [0.1, 0.15) is 4.60 Å². The third-order valence-corrected chi connectivity index (χ3v) is 1.61. The number of hydrogen-bond acceptors (Lipinski definition) is 2. The Morgan fingerprint density at radius 2 is 2.54 bits per heavy atom. The Morgan fingerprint density at radius 3 is 3.23 bits per heavy atom. The summed E-state index contributed by atoms with van der Waals surface area (Å²) in [5, 5.41) is 3.29. The Morgan fingerprint density at radius 1 is 1.69 bits per heavy atom. The molecule has 0 aromatic carbocycles. The lowest BCUT2D eigenvalue weighted by Crippen LogP contribution is -1.78. The van der Waals surface area contributed by atoms with Gasteiger partial charge >= 0.3 is 0 Å². The molecule has 0 fully saturated rings. The second-order valence-electron chi connectivity index (χ2n) is 2.06. The Kier molecular flexibility index (Phi) is 3.83. The molecular weight excluding hydrogens is 232 g/mol. The zero-order chi connectivity index (χ0) is 9.52. The summed E-state index contributed by atoms with van der Waals surface area (Å²) in [6.45, 7) is 0.191. The molecular formula is C8H5BrN4. The molecule has 0 N–H and O–H groups in total. The van der Waals surface area contributed by atoms with Crippen molar-refractivity contribution >= 4 is 15.9 Å². The maximum Gasteiger partial charge on any atom is 0.107 e. The van der Waals surface area contributed by atoms with Crippen LogP contribution in [-0.4, -0.2) is 11.5 Å². The van der Waals surface area contributed by atoms with Crippen LogP contribution in [0, 0.1) is 11.8 Å². The van der Waals surface area contributed by atoms with Gasteiger partial charge in [0.2, 0.25) is 0 Å². The van der Waals surface area contributed by atoms with E-state index in [1.54, 1.807) is 18.3 Å². The molecule has 64 valence electrons. The van der Waals surface area contributed by atoms with E-state index < -0.39 is 0 Å². The van der Waals surface area contributed by atoms with Crippen LogP contribution < -0.4 is 0 Å². The van der Waals surface area contributed by atoms with Crippen molar-refractivity contribution in [2.45, 2.75) is 0 Å². The van der Waals surface area contributed by atoms with Crippen molar-refractivity contribution in [2.75, 3.05) is 6.54 Å². The molecule has 1 aromatic rings. The molecule has 0 atom stereocenters. The fraction of sp³-hybridized carbons (Fsp3) is 0.125. The van der Waals surface area contributed by atoms with Crippen molar-refractivity contribution in [2.24, 2.45) is 5.11 Å². The number of hydrogen-bond donors (Lipinski definition) is 0. The van der Waals surface area contributed by atoms with Gasteiger partial charge in [-0.15, -0.1) is 0 Å². The molecule has 0 aliphatic rings. The van der Waals surface area contributed by atoms with Crippen LogP contribution in [0.2, 0.25) is 0 Å². The van der Waals surface area contributed by atoms with Gasteiger partial charge in [-0.3, -0.25) is 0 Å². The van der Waals surface area contributed by atoms with Crippen LogP contribution >= 0.6 is 15.9 Å². The highest BCUT2D eigenvalue weighted by molar-refractivity contribution is 9.10. The van der Waals surface area contributed by atoms with Crippen molar-refractivity contribution in [3.05, 3.63) is 38.9 Å². The monoisotopic (exact) mass is 236 g/mol. The molecule has 5 heteroatoms. The van der Waals surface area contributed by atoms with Gasteiger partial charge in [0, 0.05) is 16.7 Å². The number of halogens is 1. The smallest absolute Gasteiger partial charge is 0.107 e. The van der Waals surface area contributed by atoms with Gasteiger partial charge in [0.05, 0.1) is 6.54 Å². The Bertz CT molecular complexity index is 398. The number of rotatable bonds is 1. The SMILES string of the molecule is [N-]=[N+]=NCC#Cc1ccnc(Br)c1. The third kappa shape index (κ3) is 3.61. The van der Waals surface area contributed by atoms with Gasteiger partial charge in [-0.05, 0) is 33.6 Å². The second kappa shape index (κ2) is 5.20. The highest BCUT2D eigenvalue weighted by Gasteiger charge is 1.88. The predicted octanol–water partition coefficient (Wildman–Crippen LogP) is 2.51. The molecule has 0 aliphatic carbocycles. The molecule has 0 spiro atoms. The molecule has 0 amide bonds. The molecule has 1 aromatic heterocycles. The molecule has 0 saturated carbocycles. The lowest BCUT2D eigenvalue weighted by molar-refractivity contribution is 1.25. The van der Waals surface area contributed by atoms with E-state index in [0.29, 0.717) is 0 Å². The number of nitrogens with zero attached hydrogens (tertiary/aromatic N) is 4. The predicted molar refractivity (Wildman–Crippen MR) is 52.8 cm³/mol. The first kappa shape index (κ1) is 9.59. The van der Waals surface area contributed by atoms with Crippen LogP contribution in [0.3, 0.4) is 0 Å².